The molecule has 0 spiro atoms. The van der Waals surface area contributed by atoms with Crippen LogP contribution in [-0.2, 0) is 0 Å². The molecule has 0 aliphatic heterocycles. The number of hydrogen-bond acceptors (Lipinski definition) is 6. The van der Waals surface area contributed by atoms with E-state index in [4.69, 9.17) is 14.6 Å². The first-order chi connectivity index (χ1) is 14.9. The van der Waals surface area contributed by atoms with Gasteiger partial charge in [-0.2, -0.15) is 0 Å². The highest BCUT2D eigenvalue weighted by atomic mass is 16.4. The molecular formula is C25H29N3O3. The minimum absolute atomic E-state index is 0.0674. The predicted molar refractivity (Wildman–Crippen MR) is 121 cm³/mol. The number of carbonyl (C=O) groups excluding carboxylic acids is 1. The molecule has 0 saturated carbocycles. The molecular weight excluding hydrogens is 390 g/mol. The number of unbranched alkanes of at least 4 members (excludes halogenated alkanes) is 2. The first kappa shape index (κ1) is 22.4. The summed E-state index contributed by atoms with van der Waals surface area (Å²) in [6.45, 7) is 7.94. The summed E-state index contributed by atoms with van der Waals surface area (Å²) in [5, 5.41) is 0. The Morgan fingerprint density at radius 3 is 2.84 bits per heavy atom. The average Bonchev–Trinajstić information content (AvgIpc) is 3.45. The van der Waals surface area contributed by atoms with E-state index in [9.17, 15) is 4.79 Å². The minimum atomic E-state index is -0.274. The highest BCUT2D eigenvalue weighted by Gasteiger charge is 2.15. The van der Waals surface area contributed by atoms with Gasteiger partial charge in [0.05, 0.1) is 18.4 Å². The summed E-state index contributed by atoms with van der Waals surface area (Å²) in [5.74, 6) is 1.35. The van der Waals surface area contributed by atoms with Crippen molar-refractivity contribution in [3.8, 4) is 11.3 Å². The highest BCUT2D eigenvalue weighted by Crippen LogP contribution is 2.27. The van der Waals surface area contributed by atoms with E-state index in [2.05, 4.69) is 41.7 Å². The molecule has 0 aliphatic rings. The van der Waals surface area contributed by atoms with Crippen molar-refractivity contribution in [2.45, 2.75) is 52.0 Å². The Morgan fingerprint density at radius 1 is 1.26 bits per heavy atom. The molecule has 31 heavy (non-hydrogen) atoms. The molecule has 3 aromatic rings. The Kier molecular flexibility index (Phi) is 7.73. The average molecular weight is 420 g/mol. The second-order valence-electron chi connectivity index (χ2n) is 7.78. The maximum Gasteiger partial charge on any atom is 0.263 e. The van der Waals surface area contributed by atoms with E-state index in [0.717, 1.165) is 42.4 Å². The van der Waals surface area contributed by atoms with Gasteiger partial charge < -0.3 is 14.6 Å². The number of benzene rings is 1. The highest BCUT2D eigenvalue weighted by molar-refractivity contribution is 5.91. The summed E-state index contributed by atoms with van der Waals surface area (Å²) in [4.78, 5) is 20.1. The maximum absolute atomic E-state index is 11.9. The third kappa shape index (κ3) is 6.36. The number of oxazole rings is 2. The molecule has 1 aromatic carbocycles. The number of nitrogens with zero attached hydrogens (tertiary/aromatic N) is 2. The van der Waals surface area contributed by atoms with Crippen molar-refractivity contribution < 1.29 is 13.6 Å². The lowest BCUT2D eigenvalue weighted by Crippen LogP contribution is -2.10. The molecule has 2 heterocycles. The van der Waals surface area contributed by atoms with Crippen molar-refractivity contribution >= 4 is 11.9 Å². The van der Waals surface area contributed by atoms with Gasteiger partial charge in [-0.1, -0.05) is 49.3 Å². The van der Waals surface area contributed by atoms with Crippen LogP contribution >= 0.6 is 0 Å². The monoisotopic (exact) mass is 419 g/mol. The van der Waals surface area contributed by atoms with E-state index in [0.29, 0.717) is 18.1 Å². The van der Waals surface area contributed by atoms with Crippen molar-refractivity contribution in [1.29, 1.82) is 0 Å². The number of aromatic nitrogens is 2. The van der Waals surface area contributed by atoms with Crippen molar-refractivity contribution in [2.24, 2.45) is 5.73 Å². The van der Waals surface area contributed by atoms with E-state index in [1.807, 2.05) is 19.1 Å². The Labute approximate surface area is 182 Å². The van der Waals surface area contributed by atoms with Crippen LogP contribution in [0, 0.1) is 6.92 Å². The largest absolute Gasteiger partial charge is 0.442 e. The maximum atomic E-state index is 11.9. The molecule has 1 unspecified atom stereocenters. The molecule has 162 valence electrons. The number of allylic oxidation sites excluding steroid dienone is 2. The molecule has 6 heteroatoms. The number of carbonyl (C=O) groups is 1. The summed E-state index contributed by atoms with van der Waals surface area (Å²) in [5.41, 5.74) is 10.5. The smallest absolute Gasteiger partial charge is 0.263 e. The molecule has 1 atom stereocenters. The number of rotatable bonds is 11. The minimum Gasteiger partial charge on any atom is -0.442 e. The lowest BCUT2D eigenvalue weighted by atomic mass is 10.0. The zero-order valence-corrected chi connectivity index (χ0v) is 18.1. The second-order valence-corrected chi connectivity index (χ2v) is 7.78. The molecule has 2 aromatic heterocycles. The van der Waals surface area contributed by atoms with Crippen LogP contribution in [0.2, 0.25) is 0 Å². The molecule has 0 bridgehead atoms. The fraction of sp³-hybridized carbons (Fsp3) is 0.320. The van der Waals surface area contributed by atoms with Gasteiger partial charge in [-0.15, -0.1) is 0 Å². The van der Waals surface area contributed by atoms with E-state index in [1.165, 1.54) is 18.0 Å². The molecule has 6 nitrogen and oxygen atoms in total. The fourth-order valence-electron chi connectivity index (χ4n) is 3.22. The van der Waals surface area contributed by atoms with Gasteiger partial charge in [0.25, 0.3) is 5.89 Å². The molecule has 3 rings (SSSR count). The van der Waals surface area contributed by atoms with E-state index < -0.39 is 0 Å². The van der Waals surface area contributed by atoms with Crippen molar-refractivity contribution in [2.75, 3.05) is 0 Å². The topological polar surface area (TPSA) is 95.2 Å². The fourth-order valence-corrected chi connectivity index (χ4v) is 3.22. The van der Waals surface area contributed by atoms with Gasteiger partial charge in [-0.25, -0.2) is 9.97 Å². The van der Waals surface area contributed by atoms with Crippen LogP contribution in [0.5, 0.6) is 0 Å². The van der Waals surface area contributed by atoms with Gasteiger partial charge >= 0.3 is 0 Å². The summed E-state index contributed by atoms with van der Waals surface area (Å²) in [7, 11) is 0. The molecule has 0 radical (unpaired) electrons. The molecule has 0 aliphatic carbocycles. The third-order valence-electron chi connectivity index (χ3n) is 5.04. The van der Waals surface area contributed by atoms with Crippen LogP contribution in [0.4, 0.5) is 0 Å². The van der Waals surface area contributed by atoms with Gasteiger partial charge in [0, 0.05) is 12.0 Å². The summed E-state index contributed by atoms with van der Waals surface area (Å²) >= 11 is 0. The predicted octanol–water partition coefficient (Wildman–Crippen LogP) is 6.06. The van der Waals surface area contributed by atoms with Gasteiger partial charge in [0.1, 0.15) is 6.26 Å². The van der Waals surface area contributed by atoms with Crippen molar-refractivity contribution in [3.63, 3.8) is 0 Å². The van der Waals surface area contributed by atoms with Crippen molar-refractivity contribution in [3.05, 3.63) is 78.0 Å². The van der Waals surface area contributed by atoms with Crippen LogP contribution in [0.1, 0.15) is 72.8 Å². The standard InChI is InChI=1S/C25H29N3O3/c1-17(2)9-11-19-15-20(12-10-18(19)3)23-16-28-24(31-23)21(26)7-5-4-6-8-22(29)25-27-13-14-30-25/h9-16,21H,1,4-8,26H2,2-3H3/b11-9-. The van der Waals surface area contributed by atoms with E-state index in [1.54, 1.807) is 6.20 Å². The summed E-state index contributed by atoms with van der Waals surface area (Å²) in [6.07, 6.45) is 12.4. The Balaban J connectivity index is 1.51. The number of hydrogen-bond donors (Lipinski definition) is 1. The van der Waals surface area contributed by atoms with Crippen LogP contribution in [0.25, 0.3) is 17.4 Å². The van der Waals surface area contributed by atoms with Gasteiger partial charge in [0.2, 0.25) is 11.7 Å². The number of nitrogens with two attached hydrogens (primary N) is 1. The van der Waals surface area contributed by atoms with Crippen LogP contribution in [0.15, 0.2) is 63.9 Å². The number of aryl methyl sites for hydroxylation is 1. The van der Waals surface area contributed by atoms with E-state index in [-0.39, 0.29) is 17.7 Å². The van der Waals surface area contributed by atoms with Crippen LogP contribution in [-0.4, -0.2) is 15.8 Å². The Hall–Kier alpha value is -3.25. The van der Waals surface area contributed by atoms with Crippen LogP contribution in [0.3, 0.4) is 0 Å². The first-order valence-corrected chi connectivity index (χ1v) is 10.5. The zero-order chi connectivity index (χ0) is 22.2. The van der Waals surface area contributed by atoms with Crippen LogP contribution < -0.4 is 5.73 Å². The Bertz CT molecular complexity index is 1050. The first-order valence-electron chi connectivity index (χ1n) is 10.5. The second kappa shape index (κ2) is 10.7. The molecule has 2 N–H and O–H groups in total. The van der Waals surface area contributed by atoms with Crippen molar-refractivity contribution in [1.82, 2.24) is 9.97 Å². The SMILES string of the molecule is C=C(C)/C=C\c1cc(-c2cnc(C(N)CCCCCC(=O)c3ncco3)o2)ccc1C. The van der Waals surface area contributed by atoms with Gasteiger partial charge in [-0.3, -0.25) is 4.79 Å². The molecule has 0 saturated heterocycles. The third-order valence-corrected chi connectivity index (χ3v) is 5.04. The lowest BCUT2D eigenvalue weighted by molar-refractivity contribution is 0.0945. The van der Waals surface area contributed by atoms with Gasteiger partial charge in [0.15, 0.2) is 5.76 Å². The summed E-state index contributed by atoms with van der Waals surface area (Å²) < 4.78 is 11.0. The molecule has 0 fully saturated rings. The normalized spacial score (nSPS) is 12.4. The summed E-state index contributed by atoms with van der Waals surface area (Å²) in [6, 6.07) is 5.89. The Morgan fingerprint density at radius 2 is 2.10 bits per heavy atom. The zero-order valence-electron chi connectivity index (χ0n) is 18.1. The van der Waals surface area contributed by atoms with Gasteiger partial charge in [-0.05, 0) is 43.9 Å². The quantitative estimate of drug-likeness (QED) is 0.230. The van der Waals surface area contributed by atoms with E-state index >= 15 is 0 Å². The lowest BCUT2D eigenvalue weighted by Gasteiger charge is -2.07. The number of Topliss-reactive ketones (excluding diaryl/α,β-unsaturated/α-hetero) is 1. The molecule has 0 amide bonds. The number of ketones is 1.